The van der Waals surface area contributed by atoms with Crippen LogP contribution in [0, 0.1) is 0 Å². The molecule has 1 aromatic heterocycles. The van der Waals surface area contributed by atoms with Crippen molar-refractivity contribution < 1.29 is 19.1 Å². The lowest BCUT2D eigenvalue weighted by atomic mass is 10.1. The molecule has 2 aliphatic rings. The maximum absolute atomic E-state index is 12.7. The van der Waals surface area contributed by atoms with Gasteiger partial charge in [-0.15, -0.1) is 0 Å². The fourth-order valence-electron chi connectivity index (χ4n) is 3.15. The highest BCUT2D eigenvalue weighted by molar-refractivity contribution is 6.00. The van der Waals surface area contributed by atoms with E-state index in [9.17, 15) is 14.4 Å². The van der Waals surface area contributed by atoms with Crippen LogP contribution in [0.4, 0.5) is 5.69 Å². The Kier molecular flexibility index (Phi) is 4.08. The summed E-state index contributed by atoms with van der Waals surface area (Å²) < 4.78 is 5.31. The summed E-state index contributed by atoms with van der Waals surface area (Å²) in [4.78, 5) is 42.9. The number of fused-ring (bicyclic) bond motifs is 1. The standard InChI is InChI=1S/C18H18N4O4/c23-16-11-26-15-4-3-12(10-14(15)20-16)17(24)21-6-8-22(9-7-21)18(25)13-2-1-5-19-13/h1-5,10,19H,6-9,11H2,(H,20,23). The summed E-state index contributed by atoms with van der Waals surface area (Å²) in [6, 6.07) is 8.53. The molecule has 1 saturated heterocycles. The minimum absolute atomic E-state index is 0.0168. The number of rotatable bonds is 2. The molecule has 0 aliphatic carbocycles. The fourth-order valence-corrected chi connectivity index (χ4v) is 3.15. The predicted molar refractivity (Wildman–Crippen MR) is 93.2 cm³/mol. The quantitative estimate of drug-likeness (QED) is 0.839. The van der Waals surface area contributed by atoms with E-state index in [4.69, 9.17) is 4.74 Å². The van der Waals surface area contributed by atoms with E-state index in [0.717, 1.165) is 0 Å². The van der Waals surface area contributed by atoms with Gasteiger partial charge < -0.3 is 24.8 Å². The van der Waals surface area contributed by atoms with Crippen molar-refractivity contribution in [3.63, 3.8) is 0 Å². The Balaban J connectivity index is 1.42. The zero-order valence-electron chi connectivity index (χ0n) is 14.0. The van der Waals surface area contributed by atoms with E-state index in [0.29, 0.717) is 48.9 Å². The molecule has 2 aromatic rings. The van der Waals surface area contributed by atoms with Gasteiger partial charge in [-0.2, -0.15) is 0 Å². The number of benzene rings is 1. The van der Waals surface area contributed by atoms with Gasteiger partial charge in [-0.25, -0.2) is 0 Å². The Morgan fingerprint density at radius 3 is 2.42 bits per heavy atom. The molecule has 4 rings (SSSR count). The highest BCUT2D eigenvalue weighted by atomic mass is 16.5. The number of nitrogens with one attached hydrogen (secondary N) is 2. The lowest BCUT2D eigenvalue weighted by Crippen LogP contribution is -2.50. The molecule has 0 saturated carbocycles. The molecule has 1 aromatic carbocycles. The van der Waals surface area contributed by atoms with Crippen molar-refractivity contribution in [1.29, 1.82) is 0 Å². The van der Waals surface area contributed by atoms with Crippen LogP contribution in [-0.4, -0.2) is 65.3 Å². The summed E-state index contributed by atoms with van der Waals surface area (Å²) in [6.07, 6.45) is 1.71. The average molecular weight is 354 g/mol. The number of anilines is 1. The SMILES string of the molecule is O=C1COc2ccc(C(=O)N3CCN(C(=O)c4ccc[nH]4)CC3)cc2N1. The van der Waals surface area contributed by atoms with E-state index in [1.165, 1.54) is 0 Å². The summed E-state index contributed by atoms with van der Waals surface area (Å²) in [6.45, 7) is 1.87. The third-order valence-electron chi connectivity index (χ3n) is 4.54. The molecule has 26 heavy (non-hydrogen) atoms. The normalized spacial score (nSPS) is 16.5. The number of nitrogens with zero attached hydrogens (tertiary/aromatic N) is 2. The summed E-state index contributed by atoms with van der Waals surface area (Å²) in [5.74, 6) is 0.136. The number of hydrogen-bond acceptors (Lipinski definition) is 4. The number of aromatic nitrogens is 1. The van der Waals surface area contributed by atoms with Crippen LogP contribution in [0.2, 0.25) is 0 Å². The lowest BCUT2D eigenvalue weighted by Gasteiger charge is -2.34. The second-order valence-electron chi connectivity index (χ2n) is 6.22. The van der Waals surface area contributed by atoms with Gasteiger partial charge in [0, 0.05) is 37.9 Å². The number of carbonyl (C=O) groups excluding carboxylic acids is 3. The molecule has 0 bridgehead atoms. The van der Waals surface area contributed by atoms with Crippen LogP contribution >= 0.6 is 0 Å². The first-order valence-corrected chi connectivity index (χ1v) is 8.40. The van der Waals surface area contributed by atoms with Gasteiger partial charge in [0.1, 0.15) is 11.4 Å². The molecule has 0 atom stereocenters. The predicted octanol–water partition coefficient (Wildman–Crippen LogP) is 0.944. The van der Waals surface area contributed by atoms with E-state index in [2.05, 4.69) is 10.3 Å². The van der Waals surface area contributed by atoms with Crippen LogP contribution in [0.3, 0.4) is 0 Å². The van der Waals surface area contributed by atoms with E-state index in [1.807, 2.05) is 0 Å². The molecular formula is C18H18N4O4. The molecule has 134 valence electrons. The third-order valence-corrected chi connectivity index (χ3v) is 4.54. The Morgan fingerprint density at radius 2 is 1.73 bits per heavy atom. The van der Waals surface area contributed by atoms with E-state index in [1.54, 1.807) is 46.3 Å². The first kappa shape index (κ1) is 16.2. The average Bonchev–Trinajstić information content (AvgIpc) is 3.21. The minimum Gasteiger partial charge on any atom is -0.482 e. The number of piperazine rings is 1. The van der Waals surface area contributed by atoms with Gasteiger partial charge in [0.2, 0.25) is 0 Å². The van der Waals surface area contributed by atoms with E-state index < -0.39 is 0 Å². The highest BCUT2D eigenvalue weighted by Gasteiger charge is 2.27. The first-order valence-electron chi connectivity index (χ1n) is 8.40. The Hall–Kier alpha value is -3.29. The van der Waals surface area contributed by atoms with Crippen molar-refractivity contribution in [2.75, 3.05) is 38.1 Å². The molecule has 2 aliphatic heterocycles. The van der Waals surface area contributed by atoms with Crippen LogP contribution in [0.25, 0.3) is 0 Å². The number of H-pyrrole nitrogens is 1. The third kappa shape index (κ3) is 3.01. The van der Waals surface area contributed by atoms with Crippen molar-refractivity contribution in [1.82, 2.24) is 14.8 Å². The van der Waals surface area contributed by atoms with Gasteiger partial charge >= 0.3 is 0 Å². The van der Waals surface area contributed by atoms with Crippen LogP contribution < -0.4 is 10.1 Å². The van der Waals surface area contributed by atoms with Gasteiger partial charge in [0.15, 0.2) is 6.61 Å². The summed E-state index contributed by atoms with van der Waals surface area (Å²) >= 11 is 0. The summed E-state index contributed by atoms with van der Waals surface area (Å²) in [7, 11) is 0. The zero-order chi connectivity index (χ0) is 18.1. The number of amides is 3. The summed E-state index contributed by atoms with van der Waals surface area (Å²) in [5.41, 5.74) is 1.54. The Labute approximate surface area is 149 Å². The van der Waals surface area contributed by atoms with Crippen molar-refractivity contribution in [3.8, 4) is 5.75 Å². The maximum Gasteiger partial charge on any atom is 0.270 e. The van der Waals surface area contributed by atoms with Crippen LogP contribution in [0.5, 0.6) is 5.75 Å². The van der Waals surface area contributed by atoms with Gasteiger partial charge in [-0.05, 0) is 30.3 Å². The molecule has 8 nitrogen and oxygen atoms in total. The largest absolute Gasteiger partial charge is 0.482 e. The van der Waals surface area contributed by atoms with E-state index >= 15 is 0 Å². The minimum atomic E-state index is -0.237. The van der Waals surface area contributed by atoms with Gasteiger partial charge in [-0.3, -0.25) is 14.4 Å². The second kappa shape index (κ2) is 6.55. The highest BCUT2D eigenvalue weighted by Crippen LogP contribution is 2.29. The van der Waals surface area contributed by atoms with Crippen molar-refractivity contribution in [2.24, 2.45) is 0 Å². The molecule has 0 unspecified atom stereocenters. The Bertz CT molecular complexity index is 854. The van der Waals surface area contributed by atoms with Crippen LogP contribution in [-0.2, 0) is 4.79 Å². The molecule has 3 amide bonds. The molecular weight excluding hydrogens is 336 g/mol. The Morgan fingerprint density at radius 1 is 1.00 bits per heavy atom. The molecule has 1 fully saturated rings. The van der Waals surface area contributed by atoms with Crippen molar-refractivity contribution in [3.05, 3.63) is 47.8 Å². The van der Waals surface area contributed by atoms with Gasteiger partial charge in [0.05, 0.1) is 5.69 Å². The smallest absolute Gasteiger partial charge is 0.270 e. The van der Waals surface area contributed by atoms with Gasteiger partial charge in [0.25, 0.3) is 17.7 Å². The summed E-state index contributed by atoms with van der Waals surface area (Å²) in [5, 5.41) is 2.70. The molecule has 3 heterocycles. The topological polar surface area (TPSA) is 94.7 Å². The molecule has 2 N–H and O–H groups in total. The second-order valence-corrected chi connectivity index (χ2v) is 6.22. The zero-order valence-corrected chi connectivity index (χ0v) is 14.0. The number of ether oxygens (including phenoxy) is 1. The van der Waals surface area contributed by atoms with Crippen molar-refractivity contribution in [2.45, 2.75) is 0 Å². The fraction of sp³-hybridized carbons (Fsp3) is 0.278. The first-order chi connectivity index (χ1) is 12.6. The number of carbonyl (C=O) groups is 3. The maximum atomic E-state index is 12.7. The molecule has 0 spiro atoms. The van der Waals surface area contributed by atoms with E-state index in [-0.39, 0.29) is 24.3 Å². The van der Waals surface area contributed by atoms with Crippen LogP contribution in [0.1, 0.15) is 20.8 Å². The molecule has 0 radical (unpaired) electrons. The molecule has 8 heteroatoms. The number of aromatic amines is 1. The monoisotopic (exact) mass is 354 g/mol. The van der Waals surface area contributed by atoms with Gasteiger partial charge in [-0.1, -0.05) is 0 Å². The van der Waals surface area contributed by atoms with Crippen LogP contribution in [0.15, 0.2) is 36.5 Å². The lowest BCUT2D eigenvalue weighted by molar-refractivity contribution is -0.118. The van der Waals surface area contributed by atoms with Crippen molar-refractivity contribution >= 4 is 23.4 Å². The number of hydrogen-bond donors (Lipinski definition) is 2.